The molecule has 4 nitrogen and oxygen atoms in total. The third-order valence-corrected chi connectivity index (χ3v) is 6.90. The summed E-state index contributed by atoms with van der Waals surface area (Å²) in [5.41, 5.74) is 3.92. The minimum absolute atomic E-state index is 0.0937. The molecule has 0 aliphatic rings. The zero-order valence-corrected chi connectivity index (χ0v) is 21.7. The van der Waals surface area contributed by atoms with Crippen molar-refractivity contribution in [1.29, 1.82) is 0 Å². The maximum absolute atomic E-state index is 13.8. The number of rotatable bonds is 8. The molecule has 1 N–H and O–H groups in total. The van der Waals surface area contributed by atoms with E-state index < -0.39 is 23.6 Å². The zero-order valence-electron chi connectivity index (χ0n) is 21.7. The summed E-state index contributed by atoms with van der Waals surface area (Å²) in [5, 5.41) is 9.64. The van der Waals surface area contributed by atoms with Gasteiger partial charge in [-0.2, -0.15) is 13.2 Å². The Kier molecular flexibility index (Phi) is 7.56. The molecule has 1 heterocycles. The summed E-state index contributed by atoms with van der Waals surface area (Å²) in [6, 6.07) is 28.3. The predicted octanol–water partition coefficient (Wildman–Crippen LogP) is 8.28. The Hall–Kier alpha value is -4.65. The van der Waals surface area contributed by atoms with Gasteiger partial charge >= 0.3 is 12.1 Å². The van der Waals surface area contributed by atoms with Crippen molar-refractivity contribution in [3.05, 3.63) is 131 Å². The molecule has 0 fully saturated rings. The van der Waals surface area contributed by atoms with E-state index in [0.717, 1.165) is 28.3 Å². The second-order valence-electron chi connectivity index (χ2n) is 9.64. The first-order valence-electron chi connectivity index (χ1n) is 12.8. The second-order valence-corrected chi connectivity index (χ2v) is 9.64. The van der Waals surface area contributed by atoms with Gasteiger partial charge in [-0.3, -0.25) is 9.78 Å². The smallest absolute Gasteiger partial charge is 0.418 e. The molecule has 1 atom stereocenters. The number of pyridine rings is 1. The van der Waals surface area contributed by atoms with E-state index in [0.29, 0.717) is 28.7 Å². The summed E-state index contributed by atoms with van der Waals surface area (Å²) in [7, 11) is 0. The van der Waals surface area contributed by atoms with E-state index in [9.17, 15) is 23.1 Å². The van der Waals surface area contributed by atoms with Crippen LogP contribution in [0.25, 0.3) is 22.0 Å². The molecular formula is C33H26F3NO3. The van der Waals surface area contributed by atoms with Crippen molar-refractivity contribution in [3.63, 3.8) is 0 Å². The molecule has 5 rings (SSSR count). The van der Waals surface area contributed by atoms with Crippen LogP contribution in [0.3, 0.4) is 0 Å². The van der Waals surface area contributed by atoms with E-state index in [1.54, 1.807) is 31.2 Å². The lowest BCUT2D eigenvalue weighted by atomic mass is 9.92. The highest BCUT2D eigenvalue weighted by molar-refractivity contribution is 5.98. The quantitative estimate of drug-likeness (QED) is 0.215. The lowest BCUT2D eigenvalue weighted by molar-refractivity contribution is -0.138. The number of carbonyl (C=O) groups is 1. The molecule has 7 heteroatoms. The van der Waals surface area contributed by atoms with E-state index in [2.05, 4.69) is 4.98 Å². The molecule has 1 unspecified atom stereocenters. The average molecular weight is 542 g/mol. The fraction of sp³-hybridized carbons (Fsp3) is 0.152. The SMILES string of the molecule is CC(C(=O)O)c1ccc(COc2cccc(-c3c(Cc4ccccc4)cnc4c(C(F)(F)F)cccc34)c2)cc1. The van der Waals surface area contributed by atoms with Crippen molar-refractivity contribution in [1.82, 2.24) is 4.98 Å². The highest BCUT2D eigenvalue weighted by Gasteiger charge is 2.33. The van der Waals surface area contributed by atoms with Gasteiger partial charge < -0.3 is 9.84 Å². The number of para-hydroxylation sites is 1. The maximum Gasteiger partial charge on any atom is 0.418 e. The van der Waals surface area contributed by atoms with E-state index in [4.69, 9.17) is 4.74 Å². The molecule has 5 aromatic rings. The molecule has 0 saturated heterocycles. The van der Waals surface area contributed by atoms with Crippen LogP contribution in [0.4, 0.5) is 13.2 Å². The molecule has 40 heavy (non-hydrogen) atoms. The van der Waals surface area contributed by atoms with Crippen molar-refractivity contribution in [3.8, 4) is 16.9 Å². The van der Waals surface area contributed by atoms with Crippen molar-refractivity contribution < 1.29 is 27.8 Å². The Balaban J connectivity index is 1.51. The third-order valence-electron chi connectivity index (χ3n) is 6.90. The van der Waals surface area contributed by atoms with Crippen molar-refractivity contribution in [2.45, 2.75) is 32.0 Å². The van der Waals surface area contributed by atoms with Crippen LogP contribution in [0.1, 0.15) is 40.7 Å². The Morgan fingerprint density at radius 1 is 0.900 bits per heavy atom. The molecule has 0 spiro atoms. The predicted molar refractivity (Wildman–Crippen MR) is 148 cm³/mol. The van der Waals surface area contributed by atoms with Crippen LogP contribution in [0.5, 0.6) is 5.75 Å². The van der Waals surface area contributed by atoms with Gasteiger partial charge in [0.15, 0.2) is 0 Å². The fourth-order valence-corrected chi connectivity index (χ4v) is 4.74. The summed E-state index contributed by atoms with van der Waals surface area (Å²) in [6.45, 7) is 1.88. The molecule has 0 radical (unpaired) electrons. The van der Waals surface area contributed by atoms with E-state index in [1.807, 2.05) is 60.7 Å². The van der Waals surface area contributed by atoms with Gasteiger partial charge in [-0.25, -0.2) is 0 Å². The summed E-state index contributed by atoms with van der Waals surface area (Å²) in [6.07, 6.45) is -2.50. The number of carboxylic acids is 1. The summed E-state index contributed by atoms with van der Waals surface area (Å²) >= 11 is 0. The van der Waals surface area contributed by atoms with Crippen LogP contribution < -0.4 is 4.74 Å². The number of nitrogens with zero attached hydrogens (tertiary/aromatic N) is 1. The Morgan fingerprint density at radius 3 is 2.33 bits per heavy atom. The Morgan fingerprint density at radius 2 is 1.62 bits per heavy atom. The van der Waals surface area contributed by atoms with Crippen LogP contribution >= 0.6 is 0 Å². The second kappa shape index (κ2) is 11.2. The number of hydrogen-bond acceptors (Lipinski definition) is 3. The highest BCUT2D eigenvalue weighted by atomic mass is 19.4. The van der Waals surface area contributed by atoms with Gasteiger partial charge in [0.1, 0.15) is 12.4 Å². The first kappa shape index (κ1) is 26.9. The van der Waals surface area contributed by atoms with Crippen molar-refractivity contribution >= 4 is 16.9 Å². The number of benzene rings is 4. The van der Waals surface area contributed by atoms with Gasteiger partial charge in [-0.15, -0.1) is 0 Å². The van der Waals surface area contributed by atoms with Crippen molar-refractivity contribution in [2.24, 2.45) is 0 Å². The number of aliphatic carboxylic acids is 1. The van der Waals surface area contributed by atoms with Gasteiger partial charge in [-0.05, 0) is 64.9 Å². The van der Waals surface area contributed by atoms with Crippen LogP contribution in [0.15, 0.2) is 103 Å². The van der Waals surface area contributed by atoms with Gasteiger partial charge in [-0.1, -0.05) is 78.9 Å². The lowest BCUT2D eigenvalue weighted by Crippen LogP contribution is -2.07. The Labute approximate surface area is 229 Å². The van der Waals surface area contributed by atoms with E-state index in [1.165, 1.54) is 12.3 Å². The van der Waals surface area contributed by atoms with Gasteiger partial charge in [0.05, 0.1) is 17.0 Å². The number of alkyl halides is 3. The number of ether oxygens (including phenoxy) is 1. The number of halogens is 3. The van der Waals surface area contributed by atoms with Crippen LogP contribution in [-0.4, -0.2) is 16.1 Å². The number of aromatic nitrogens is 1. The number of carboxylic acid groups (broad SMARTS) is 1. The van der Waals surface area contributed by atoms with Crippen LogP contribution in [-0.2, 0) is 24.0 Å². The fourth-order valence-electron chi connectivity index (χ4n) is 4.74. The van der Waals surface area contributed by atoms with Crippen LogP contribution in [0, 0.1) is 0 Å². The maximum atomic E-state index is 13.8. The average Bonchev–Trinajstić information content (AvgIpc) is 2.95. The third kappa shape index (κ3) is 5.83. The lowest BCUT2D eigenvalue weighted by Gasteiger charge is -2.17. The monoisotopic (exact) mass is 541 g/mol. The molecule has 1 aromatic heterocycles. The van der Waals surface area contributed by atoms with Gasteiger partial charge in [0.25, 0.3) is 0 Å². The number of hydrogen-bond donors (Lipinski definition) is 1. The summed E-state index contributed by atoms with van der Waals surface area (Å²) in [4.78, 5) is 15.5. The molecule has 0 saturated carbocycles. The number of fused-ring (bicyclic) bond motifs is 1. The zero-order chi connectivity index (χ0) is 28.3. The largest absolute Gasteiger partial charge is 0.489 e. The van der Waals surface area contributed by atoms with Gasteiger partial charge in [0.2, 0.25) is 0 Å². The topological polar surface area (TPSA) is 59.4 Å². The summed E-state index contributed by atoms with van der Waals surface area (Å²) in [5.74, 6) is -0.939. The molecule has 0 aliphatic heterocycles. The molecule has 0 aliphatic carbocycles. The molecule has 202 valence electrons. The minimum atomic E-state index is -4.53. The summed E-state index contributed by atoms with van der Waals surface area (Å²) < 4.78 is 47.6. The van der Waals surface area contributed by atoms with E-state index in [-0.39, 0.29) is 12.1 Å². The first-order chi connectivity index (χ1) is 19.2. The van der Waals surface area contributed by atoms with Gasteiger partial charge in [0, 0.05) is 11.6 Å². The van der Waals surface area contributed by atoms with Crippen molar-refractivity contribution in [2.75, 3.05) is 0 Å². The highest BCUT2D eigenvalue weighted by Crippen LogP contribution is 2.39. The molecule has 4 aromatic carbocycles. The molecule has 0 bridgehead atoms. The first-order valence-corrected chi connectivity index (χ1v) is 12.8. The van der Waals surface area contributed by atoms with Crippen LogP contribution in [0.2, 0.25) is 0 Å². The minimum Gasteiger partial charge on any atom is -0.489 e. The Bertz CT molecular complexity index is 1650. The van der Waals surface area contributed by atoms with E-state index >= 15 is 0 Å². The molecular weight excluding hydrogens is 515 g/mol. The standard InChI is InChI=1S/C33H26F3NO3/c1-21(32(38)39)24-15-13-23(14-16-24)20-40-27-10-5-9-25(18-27)30-26(17-22-7-3-2-4-8-22)19-37-31-28(30)11-6-12-29(31)33(34,35)36/h2-16,18-19,21H,17,20H2,1H3,(H,38,39). The molecule has 0 amide bonds. The normalized spacial score (nSPS) is 12.3.